The van der Waals surface area contributed by atoms with Crippen molar-refractivity contribution in [1.82, 2.24) is 15.3 Å². The van der Waals surface area contributed by atoms with Gasteiger partial charge in [-0.1, -0.05) is 0 Å². The maximum Gasteiger partial charge on any atom is 0.326 e. The number of aromatic nitrogens is 2. The number of aromatic amines is 2. The zero-order chi connectivity index (χ0) is 19.3. The summed E-state index contributed by atoms with van der Waals surface area (Å²) < 4.78 is 0. The summed E-state index contributed by atoms with van der Waals surface area (Å²) in [5.41, 5.74) is 14.2. The number of amides is 1. The van der Waals surface area contributed by atoms with Crippen LogP contribution in [0.15, 0.2) is 23.2 Å². The van der Waals surface area contributed by atoms with Gasteiger partial charge in [0.2, 0.25) is 0 Å². The number of H-pyrrole nitrogens is 2. The molecule has 1 amide bonds. The van der Waals surface area contributed by atoms with E-state index >= 15 is 0 Å². The Balaban J connectivity index is 2.06. The SMILES string of the molecule is Cc1ccc(-c2cc(C(=O)NC(CCCN=C(N)N)C(=O)O)c(C)[nH]2)[nH]1. The van der Waals surface area contributed by atoms with Gasteiger partial charge in [-0.05, 0) is 44.9 Å². The zero-order valence-electron chi connectivity index (χ0n) is 14.8. The number of rotatable bonds is 8. The van der Waals surface area contributed by atoms with E-state index in [2.05, 4.69) is 20.3 Å². The molecule has 1 unspecified atom stereocenters. The molecule has 0 spiro atoms. The molecule has 0 fully saturated rings. The second kappa shape index (κ2) is 8.24. The van der Waals surface area contributed by atoms with Crippen molar-refractivity contribution in [3.8, 4) is 11.4 Å². The Morgan fingerprint density at radius 2 is 1.96 bits per heavy atom. The van der Waals surface area contributed by atoms with E-state index < -0.39 is 17.9 Å². The molecule has 0 saturated carbocycles. The van der Waals surface area contributed by atoms with Gasteiger partial charge in [0.15, 0.2) is 5.96 Å². The molecule has 2 aromatic heterocycles. The lowest BCUT2D eigenvalue weighted by Gasteiger charge is -2.13. The van der Waals surface area contributed by atoms with Crippen molar-refractivity contribution in [3.63, 3.8) is 0 Å². The fourth-order valence-electron chi connectivity index (χ4n) is 2.60. The van der Waals surface area contributed by atoms with E-state index in [1.54, 1.807) is 13.0 Å². The third kappa shape index (κ3) is 4.88. The van der Waals surface area contributed by atoms with Crippen LogP contribution in [0, 0.1) is 13.8 Å². The number of nitrogens with two attached hydrogens (primary N) is 2. The predicted octanol–water partition coefficient (Wildman–Crippen LogP) is 0.863. The summed E-state index contributed by atoms with van der Waals surface area (Å²) in [4.78, 5) is 34.0. The maximum absolute atomic E-state index is 12.5. The minimum atomic E-state index is -1.10. The third-order valence-corrected chi connectivity index (χ3v) is 3.93. The molecule has 0 aliphatic rings. The monoisotopic (exact) mass is 360 g/mol. The van der Waals surface area contributed by atoms with Crippen molar-refractivity contribution < 1.29 is 14.7 Å². The van der Waals surface area contributed by atoms with Crippen LogP contribution in [0.2, 0.25) is 0 Å². The van der Waals surface area contributed by atoms with Crippen molar-refractivity contribution in [3.05, 3.63) is 35.2 Å². The first-order chi connectivity index (χ1) is 12.3. The van der Waals surface area contributed by atoms with Crippen molar-refractivity contribution in [1.29, 1.82) is 0 Å². The molecule has 140 valence electrons. The van der Waals surface area contributed by atoms with Gasteiger partial charge in [0.05, 0.1) is 17.0 Å². The van der Waals surface area contributed by atoms with Gasteiger partial charge in [-0.3, -0.25) is 9.79 Å². The smallest absolute Gasteiger partial charge is 0.326 e. The second-order valence-electron chi connectivity index (χ2n) is 6.09. The lowest BCUT2D eigenvalue weighted by molar-refractivity contribution is -0.139. The Labute approximate surface area is 150 Å². The number of aliphatic carboxylic acids is 1. The van der Waals surface area contributed by atoms with Crippen LogP contribution in [0.4, 0.5) is 0 Å². The van der Waals surface area contributed by atoms with E-state index in [0.29, 0.717) is 24.2 Å². The van der Waals surface area contributed by atoms with Gasteiger partial charge in [0.1, 0.15) is 6.04 Å². The molecule has 2 heterocycles. The molecule has 8 N–H and O–H groups in total. The number of nitrogens with one attached hydrogen (secondary N) is 3. The fourth-order valence-corrected chi connectivity index (χ4v) is 2.60. The lowest BCUT2D eigenvalue weighted by atomic mass is 10.1. The molecule has 0 bridgehead atoms. The summed E-state index contributed by atoms with van der Waals surface area (Å²) in [5.74, 6) is -1.59. The standard InChI is InChI=1S/C17H24N6O3/c1-9-5-6-12(21-9)14-8-11(10(2)22-14)15(24)23-13(16(25)26)4-3-7-20-17(18)19/h5-6,8,13,21-22H,3-4,7H2,1-2H3,(H,23,24)(H,25,26)(H4,18,19,20). The molecule has 0 saturated heterocycles. The van der Waals surface area contributed by atoms with Gasteiger partial charge < -0.3 is 31.9 Å². The number of aliphatic imine (C=N–C) groups is 1. The van der Waals surface area contributed by atoms with E-state index in [4.69, 9.17) is 11.5 Å². The number of carboxylic acid groups (broad SMARTS) is 1. The molecule has 26 heavy (non-hydrogen) atoms. The van der Waals surface area contributed by atoms with Crippen molar-refractivity contribution in [2.24, 2.45) is 16.5 Å². The number of carbonyl (C=O) groups excluding carboxylic acids is 1. The lowest BCUT2D eigenvalue weighted by Crippen LogP contribution is -2.41. The topological polar surface area (TPSA) is 162 Å². The van der Waals surface area contributed by atoms with Gasteiger partial charge in [0, 0.05) is 17.9 Å². The minimum absolute atomic E-state index is 0.0454. The first-order valence-corrected chi connectivity index (χ1v) is 8.22. The molecule has 1 atom stereocenters. The average molecular weight is 360 g/mol. The first-order valence-electron chi connectivity index (χ1n) is 8.22. The summed E-state index contributed by atoms with van der Waals surface area (Å²) in [6, 6.07) is 4.53. The molecule has 0 radical (unpaired) electrons. The number of hydrogen-bond acceptors (Lipinski definition) is 3. The van der Waals surface area contributed by atoms with Crippen LogP contribution in [-0.2, 0) is 4.79 Å². The summed E-state index contributed by atoms with van der Waals surface area (Å²) in [6.07, 6.45) is 0.665. The fraction of sp³-hybridized carbons (Fsp3) is 0.353. The largest absolute Gasteiger partial charge is 0.480 e. The van der Waals surface area contributed by atoms with Crippen molar-refractivity contribution in [2.75, 3.05) is 6.54 Å². The summed E-state index contributed by atoms with van der Waals surface area (Å²) >= 11 is 0. The Hall–Kier alpha value is -3.23. The predicted molar refractivity (Wildman–Crippen MR) is 98.9 cm³/mol. The van der Waals surface area contributed by atoms with Gasteiger partial charge in [0.25, 0.3) is 5.91 Å². The average Bonchev–Trinajstić information content (AvgIpc) is 3.15. The van der Waals surface area contributed by atoms with E-state index in [9.17, 15) is 14.7 Å². The Bertz CT molecular complexity index is 816. The van der Waals surface area contributed by atoms with E-state index in [0.717, 1.165) is 17.1 Å². The van der Waals surface area contributed by atoms with Gasteiger partial charge >= 0.3 is 5.97 Å². The van der Waals surface area contributed by atoms with Gasteiger partial charge in [-0.15, -0.1) is 0 Å². The van der Waals surface area contributed by atoms with Crippen LogP contribution >= 0.6 is 0 Å². The number of carboxylic acids is 1. The molecular weight excluding hydrogens is 336 g/mol. The maximum atomic E-state index is 12.5. The zero-order valence-corrected chi connectivity index (χ0v) is 14.8. The molecular formula is C17H24N6O3. The molecule has 0 aliphatic heterocycles. The van der Waals surface area contributed by atoms with Crippen LogP contribution in [0.3, 0.4) is 0 Å². The summed E-state index contributed by atoms with van der Waals surface area (Å²) in [5, 5.41) is 11.9. The Morgan fingerprint density at radius 1 is 1.23 bits per heavy atom. The van der Waals surface area contributed by atoms with Crippen molar-refractivity contribution in [2.45, 2.75) is 32.7 Å². The number of carbonyl (C=O) groups is 2. The normalized spacial score (nSPS) is 11.8. The molecule has 9 heteroatoms. The van der Waals surface area contributed by atoms with Crippen molar-refractivity contribution >= 4 is 17.8 Å². The first kappa shape index (κ1) is 19.1. The summed E-state index contributed by atoms with van der Waals surface area (Å²) in [6.45, 7) is 4.01. The van der Waals surface area contributed by atoms with Gasteiger partial charge in [-0.2, -0.15) is 0 Å². The van der Waals surface area contributed by atoms with Gasteiger partial charge in [-0.25, -0.2) is 4.79 Å². The molecule has 0 aliphatic carbocycles. The minimum Gasteiger partial charge on any atom is -0.480 e. The quantitative estimate of drug-likeness (QED) is 0.233. The number of nitrogens with zero attached hydrogens (tertiary/aromatic N) is 1. The van der Waals surface area contributed by atoms with E-state index in [1.165, 1.54) is 0 Å². The molecule has 2 rings (SSSR count). The van der Waals surface area contributed by atoms with Crippen LogP contribution in [0.25, 0.3) is 11.4 Å². The number of aryl methyl sites for hydroxylation is 2. The molecule has 0 aromatic carbocycles. The van der Waals surface area contributed by atoms with Crippen LogP contribution in [0.5, 0.6) is 0 Å². The highest BCUT2D eigenvalue weighted by Gasteiger charge is 2.22. The highest BCUT2D eigenvalue weighted by atomic mass is 16.4. The van der Waals surface area contributed by atoms with Crippen LogP contribution in [-0.4, -0.2) is 45.5 Å². The Morgan fingerprint density at radius 3 is 2.54 bits per heavy atom. The second-order valence-corrected chi connectivity index (χ2v) is 6.09. The number of hydrogen-bond donors (Lipinski definition) is 6. The molecule has 9 nitrogen and oxygen atoms in total. The third-order valence-electron chi connectivity index (χ3n) is 3.93. The highest BCUT2D eigenvalue weighted by Crippen LogP contribution is 2.21. The summed E-state index contributed by atoms with van der Waals surface area (Å²) in [7, 11) is 0. The van der Waals surface area contributed by atoms with E-state index in [-0.39, 0.29) is 12.4 Å². The molecule has 2 aromatic rings. The van der Waals surface area contributed by atoms with E-state index in [1.807, 2.05) is 19.1 Å². The number of guanidine groups is 1. The Kier molecular flexibility index (Phi) is 6.05. The van der Waals surface area contributed by atoms with Crippen LogP contribution in [0.1, 0.15) is 34.6 Å². The van der Waals surface area contributed by atoms with Crippen LogP contribution < -0.4 is 16.8 Å². The highest BCUT2D eigenvalue weighted by molar-refractivity contribution is 5.98.